The van der Waals surface area contributed by atoms with Crippen LogP contribution >= 0.6 is 12.4 Å². The molecule has 4 atom stereocenters. The van der Waals surface area contributed by atoms with Crippen LogP contribution in [0.4, 0.5) is 22.0 Å². The lowest BCUT2D eigenvalue weighted by Gasteiger charge is -2.43. The molecule has 2 fully saturated rings. The van der Waals surface area contributed by atoms with Crippen LogP contribution in [-0.2, 0) is 6.18 Å². The standard InChI is InChI=1S/C17H21F5N2.ClH/c1-10-9-24(11(2)8-23-10)15(14-7-16(14,18)19)12-3-5-13(6-4-12)17(20,21)22;/h3-6,10-11,14-15,23H,7-9H2,1-2H3;1H/t10-,11+,14+,15?;/m0./s1. The minimum atomic E-state index is -4.42. The summed E-state index contributed by atoms with van der Waals surface area (Å²) in [5, 5.41) is 3.30. The van der Waals surface area contributed by atoms with Gasteiger partial charge >= 0.3 is 6.18 Å². The molecule has 1 N–H and O–H groups in total. The fourth-order valence-electron chi connectivity index (χ4n) is 3.54. The third kappa shape index (κ3) is 4.26. The van der Waals surface area contributed by atoms with Gasteiger partial charge in [-0.2, -0.15) is 13.2 Å². The summed E-state index contributed by atoms with van der Waals surface area (Å²) in [6.45, 7) is 5.21. The largest absolute Gasteiger partial charge is 0.416 e. The topological polar surface area (TPSA) is 15.3 Å². The van der Waals surface area contributed by atoms with Crippen molar-refractivity contribution in [1.82, 2.24) is 10.2 Å². The first-order chi connectivity index (χ1) is 11.1. The molecule has 3 rings (SSSR count). The van der Waals surface area contributed by atoms with Crippen LogP contribution in [0.2, 0.25) is 0 Å². The van der Waals surface area contributed by atoms with E-state index in [0.717, 1.165) is 12.1 Å². The molecule has 1 heterocycles. The zero-order chi connectivity index (χ0) is 17.7. The lowest BCUT2D eigenvalue weighted by atomic mass is 9.95. The van der Waals surface area contributed by atoms with E-state index < -0.39 is 29.6 Å². The second-order valence-corrected chi connectivity index (χ2v) is 6.99. The van der Waals surface area contributed by atoms with E-state index in [0.29, 0.717) is 18.7 Å². The SMILES string of the molecule is C[C@@H]1CN[C@@H](C)CN1C(c1ccc(C(F)(F)F)cc1)[C@H]1CC1(F)F.Cl. The molecule has 25 heavy (non-hydrogen) atoms. The number of benzene rings is 1. The summed E-state index contributed by atoms with van der Waals surface area (Å²) in [5.41, 5.74) is -0.222. The Morgan fingerprint density at radius 3 is 2.20 bits per heavy atom. The zero-order valence-electron chi connectivity index (χ0n) is 14.0. The van der Waals surface area contributed by atoms with Crippen LogP contribution in [0.5, 0.6) is 0 Å². The zero-order valence-corrected chi connectivity index (χ0v) is 14.8. The molecular formula is C17H22ClF5N2. The molecule has 2 nitrogen and oxygen atoms in total. The van der Waals surface area contributed by atoms with Crippen LogP contribution in [0.3, 0.4) is 0 Å². The van der Waals surface area contributed by atoms with Crippen molar-refractivity contribution in [2.75, 3.05) is 13.1 Å². The molecule has 0 bridgehead atoms. The Kier molecular flexibility index (Phi) is 5.71. The van der Waals surface area contributed by atoms with Crippen LogP contribution < -0.4 is 5.32 Å². The Labute approximate surface area is 150 Å². The third-order valence-corrected chi connectivity index (χ3v) is 5.00. The van der Waals surface area contributed by atoms with E-state index in [9.17, 15) is 22.0 Å². The fraction of sp³-hybridized carbons (Fsp3) is 0.647. The first-order valence-electron chi connectivity index (χ1n) is 8.13. The molecule has 8 heteroatoms. The van der Waals surface area contributed by atoms with Gasteiger partial charge in [-0.05, 0) is 31.5 Å². The summed E-state index contributed by atoms with van der Waals surface area (Å²) in [5.74, 6) is -3.57. The highest BCUT2D eigenvalue weighted by Crippen LogP contribution is 2.57. The maximum Gasteiger partial charge on any atom is 0.416 e. The molecule has 0 radical (unpaired) electrons. The third-order valence-electron chi connectivity index (χ3n) is 5.00. The van der Waals surface area contributed by atoms with Gasteiger partial charge in [0.25, 0.3) is 5.92 Å². The van der Waals surface area contributed by atoms with E-state index in [1.165, 1.54) is 12.1 Å². The van der Waals surface area contributed by atoms with Crippen molar-refractivity contribution < 1.29 is 22.0 Å². The van der Waals surface area contributed by atoms with Gasteiger partial charge in [-0.1, -0.05) is 12.1 Å². The summed E-state index contributed by atoms with van der Waals surface area (Å²) in [6, 6.07) is 4.32. The number of rotatable bonds is 3. The second kappa shape index (κ2) is 7.00. The van der Waals surface area contributed by atoms with Crippen molar-refractivity contribution in [2.24, 2.45) is 5.92 Å². The molecular weight excluding hydrogens is 363 g/mol. The monoisotopic (exact) mass is 384 g/mol. The van der Waals surface area contributed by atoms with Crippen molar-refractivity contribution in [3.05, 3.63) is 35.4 Å². The first kappa shape index (κ1) is 20.4. The van der Waals surface area contributed by atoms with E-state index in [1.807, 2.05) is 18.7 Å². The molecule has 0 aromatic heterocycles. The Balaban J connectivity index is 0.00000225. The van der Waals surface area contributed by atoms with Crippen molar-refractivity contribution in [3.8, 4) is 0 Å². The molecule has 142 valence electrons. The summed E-state index contributed by atoms with van der Waals surface area (Å²) < 4.78 is 65.7. The average molecular weight is 385 g/mol. The lowest BCUT2D eigenvalue weighted by molar-refractivity contribution is -0.137. The lowest BCUT2D eigenvalue weighted by Crippen LogP contribution is -2.55. The first-order valence-corrected chi connectivity index (χ1v) is 8.13. The predicted molar refractivity (Wildman–Crippen MR) is 88.1 cm³/mol. The van der Waals surface area contributed by atoms with Crippen molar-refractivity contribution in [1.29, 1.82) is 0 Å². The van der Waals surface area contributed by atoms with Crippen LogP contribution in [0.15, 0.2) is 24.3 Å². The van der Waals surface area contributed by atoms with E-state index in [1.54, 1.807) is 0 Å². The highest BCUT2D eigenvalue weighted by Gasteiger charge is 2.62. The molecule has 0 spiro atoms. The summed E-state index contributed by atoms with van der Waals surface area (Å²) in [4.78, 5) is 2.01. The van der Waals surface area contributed by atoms with Gasteiger partial charge in [0.1, 0.15) is 0 Å². The smallest absolute Gasteiger partial charge is 0.311 e. The highest BCUT2D eigenvalue weighted by atomic mass is 35.5. The van der Waals surface area contributed by atoms with Crippen LogP contribution in [0, 0.1) is 5.92 Å². The number of hydrogen-bond acceptors (Lipinski definition) is 2. The van der Waals surface area contributed by atoms with E-state index >= 15 is 0 Å². The second-order valence-electron chi connectivity index (χ2n) is 6.99. The summed E-state index contributed by atoms with van der Waals surface area (Å²) >= 11 is 0. The molecule has 1 aliphatic heterocycles. The molecule has 0 amide bonds. The van der Waals surface area contributed by atoms with Crippen LogP contribution in [0.25, 0.3) is 0 Å². The number of piperazine rings is 1. The van der Waals surface area contributed by atoms with Gasteiger partial charge in [-0.15, -0.1) is 12.4 Å². The Morgan fingerprint density at radius 2 is 1.72 bits per heavy atom. The maximum atomic E-state index is 13.8. The van der Waals surface area contributed by atoms with Gasteiger partial charge in [0.15, 0.2) is 0 Å². The van der Waals surface area contributed by atoms with Gasteiger partial charge in [0.05, 0.1) is 5.56 Å². The average Bonchev–Trinajstić information content (AvgIpc) is 3.11. The van der Waals surface area contributed by atoms with Gasteiger partial charge in [0, 0.05) is 43.6 Å². The molecule has 1 saturated heterocycles. The van der Waals surface area contributed by atoms with E-state index in [-0.39, 0.29) is 30.9 Å². The normalized spacial score (nSPS) is 30.4. The van der Waals surface area contributed by atoms with Crippen LogP contribution in [-0.4, -0.2) is 36.0 Å². The number of nitrogens with one attached hydrogen (secondary N) is 1. The van der Waals surface area contributed by atoms with Gasteiger partial charge in [-0.3, -0.25) is 4.90 Å². The maximum absolute atomic E-state index is 13.8. The number of nitrogens with zero attached hydrogens (tertiary/aromatic N) is 1. The minimum Gasteiger partial charge on any atom is -0.311 e. The number of halogens is 6. The van der Waals surface area contributed by atoms with Crippen molar-refractivity contribution in [3.63, 3.8) is 0 Å². The molecule has 1 saturated carbocycles. The molecule has 1 aromatic carbocycles. The summed E-state index contributed by atoms with van der Waals surface area (Å²) in [7, 11) is 0. The van der Waals surface area contributed by atoms with E-state index in [2.05, 4.69) is 5.32 Å². The minimum absolute atomic E-state index is 0. The fourth-order valence-corrected chi connectivity index (χ4v) is 3.54. The molecule has 1 unspecified atom stereocenters. The van der Waals surface area contributed by atoms with Gasteiger partial charge in [-0.25, -0.2) is 8.78 Å². The number of alkyl halides is 5. The Bertz CT molecular complexity index is 590. The highest BCUT2D eigenvalue weighted by molar-refractivity contribution is 5.85. The molecule has 2 aliphatic rings. The van der Waals surface area contributed by atoms with Crippen LogP contribution in [0.1, 0.15) is 37.4 Å². The number of hydrogen-bond donors (Lipinski definition) is 1. The summed E-state index contributed by atoms with van der Waals surface area (Å²) in [6.07, 6.45) is -4.63. The van der Waals surface area contributed by atoms with Gasteiger partial charge < -0.3 is 5.32 Å². The van der Waals surface area contributed by atoms with E-state index in [4.69, 9.17) is 0 Å². The predicted octanol–water partition coefficient (Wildman–Crippen LogP) is 4.51. The van der Waals surface area contributed by atoms with Crippen molar-refractivity contribution in [2.45, 2.75) is 50.5 Å². The Hall–Kier alpha value is -0.920. The molecule has 1 aromatic rings. The van der Waals surface area contributed by atoms with Gasteiger partial charge in [0.2, 0.25) is 0 Å². The molecule has 1 aliphatic carbocycles. The quantitative estimate of drug-likeness (QED) is 0.772. The van der Waals surface area contributed by atoms with Crippen molar-refractivity contribution >= 4 is 12.4 Å². The Morgan fingerprint density at radius 1 is 1.16 bits per heavy atom.